The van der Waals surface area contributed by atoms with E-state index in [9.17, 15) is 9.18 Å². The molecule has 2 atom stereocenters. The maximum atomic E-state index is 14.0. The predicted molar refractivity (Wildman–Crippen MR) is 114 cm³/mol. The summed E-state index contributed by atoms with van der Waals surface area (Å²) in [7, 11) is 0. The highest BCUT2D eigenvalue weighted by atomic mass is 19.1. The van der Waals surface area contributed by atoms with Crippen molar-refractivity contribution in [3.8, 4) is 0 Å². The summed E-state index contributed by atoms with van der Waals surface area (Å²) >= 11 is 0. The van der Waals surface area contributed by atoms with Gasteiger partial charge in [-0.15, -0.1) is 0 Å². The first-order valence-electron chi connectivity index (χ1n) is 11.2. The zero-order valence-electron chi connectivity index (χ0n) is 17.6. The highest BCUT2D eigenvalue weighted by Gasteiger charge is 2.37. The Morgan fingerprint density at radius 1 is 1.13 bits per heavy atom. The van der Waals surface area contributed by atoms with E-state index in [-0.39, 0.29) is 11.7 Å². The SMILES string of the molecule is CC1CC1c1ccc(CN(CC(=O)N2CCN(c3ccccc3F)CC2)C2CC2)o1. The van der Waals surface area contributed by atoms with Crippen LogP contribution in [0.2, 0.25) is 0 Å². The Hall–Kier alpha value is -2.34. The molecule has 30 heavy (non-hydrogen) atoms. The maximum Gasteiger partial charge on any atom is 0.236 e. The largest absolute Gasteiger partial charge is 0.464 e. The van der Waals surface area contributed by atoms with E-state index >= 15 is 0 Å². The molecule has 1 aromatic carbocycles. The minimum Gasteiger partial charge on any atom is -0.464 e. The van der Waals surface area contributed by atoms with Crippen molar-refractivity contribution < 1.29 is 13.6 Å². The second-order valence-electron chi connectivity index (χ2n) is 9.08. The van der Waals surface area contributed by atoms with E-state index < -0.39 is 0 Å². The number of nitrogens with zero attached hydrogens (tertiary/aromatic N) is 3. The van der Waals surface area contributed by atoms with Crippen LogP contribution in [0, 0.1) is 11.7 Å². The van der Waals surface area contributed by atoms with Crippen molar-refractivity contribution in [2.24, 2.45) is 5.92 Å². The molecule has 3 fully saturated rings. The molecule has 6 heteroatoms. The topological polar surface area (TPSA) is 39.9 Å². The highest BCUT2D eigenvalue weighted by molar-refractivity contribution is 5.78. The molecule has 2 heterocycles. The number of carbonyl (C=O) groups excluding carboxylic acids is 1. The first-order valence-corrected chi connectivity index (χ1v) is 11.2. The average Bonchev–Trinajstić information content (AvgIpc) is 3.68. The summed E-state index contributed by atoms with van der Waals surface area (Å²) in [5, 5.41) is 0. The molecule has 2 aromatic rings. The van der Waals surface area contributed by atoms with Gasteiger partial charge in [-0.2, -0.15) is 0 Å². The van der Waals surface area contributed by atoms with Crippen molar-refractivity contribution >= 4 is 11.6 Å². The molecule has 1 aliphatic heterocycles. The maximum absolute atomic E-state index is 14.0. The Morgan fingerprint density at radius 3 is 2.53 bits per heavy atom. The van der Waals surface area contributed by atoms with E-state index in [1.54, 1.807) is 6.07 Å². The monoisotopic (exact) mass is 411 g/mol. The van der Waals surface area contributed by atoms with Crippen LogP contribution in [0.4, 0.5) is 10.1 Å². The molecule has 2 aliphatic carbocycles. The Bertz CT molecular complexity index is 901. The van der Waals surface area contributed by atoms with Gasteiger partial charge in [-0.1, -0.05) is 19.1 Å². The zero-order valence-corrected chi connectivity index (χ0v) is 17.6. The van der Waals surface area contributed by atoms with Crippen LogP contribution in [0.1, 0.15) is 43.6 Å². The quantitative estimate of drug-likeness (QED) is 0.694. The fourth-order valence-electron chi connectivity index (χ4n) is 4.53. The molecule has 1 aromatic heterocycles. The van der Waals surface area contributed by atoms with Crippen molar-refractivity contribution in [3.05, 3.63) is 53.7 Å². The van der Waals surface area contributed by atoms with Crippen LogP contribution in [0.5, 0.6) is 0 Å². The number of benzene rings is 1. The third-order valence-electron chi connectivity index (χ3n) is 6.74. The lowest BCUT2D eigenvalue weighted by Crippen LogP contribution is -2.51. The van der Waals surface area contributed by atoms with Crippen molar-refractivity contribution in [2.75, 3.05) is 37.6 Å². The number of anilines is 1. The molecular formula is C24H30FN3O2. The van der Waals surface area contributed by atoms with Gasteiger partial charge < -0.3 is 14.2 Å². The summed E-state index contributed by atoms with van der Waals surface area (Å²) in [5.41, 5.74) is 0.628. The Balaban J connectivity index is 1.16. The van der Waals surface area contributed by atoms with Crippen molar-refractivity contribution in [2.45, 2.75) is 44.7 Å². The Labute approximate surface area is 177 Å². The molecule has 0 N–H and O–H groups in total. The predicted octanol–water partition coefficient (Wildman–Crippen LogP) is 3.86. The highest BCUT2D eigenvalue weighted by Crippen LogP contribution is 2.47. The van der Waals surface area contributed by atoms with Gasteiger partial charge in [-0.3, -0.25) is 9.69 Å². The number of hydrogen-bond acceptors (Lipinski definition) is 4. The zero-order chi connectivity index (χ0) is 20.7. The number of para-hydroxylation sites is 1. The van der Waals surface area contributed by atoms with E-state index in [2.05, 4.69) is 24.0 Å². The lowest BCUT2D eigenvalue weighted by atomic mass is 10.2. The normalized spacial score (nSPS) is 23.8. The van der Waals surface area contributed by atoms with Gasteiger partial charge in [0.1, 0.15) is 17.3 Å². The molecule has 0 bridgehead atoms. The summed E-state index contributed by atoms with van der Waals surface area (Å²) in [4.78, 5) is 19.2. The third-order valence-corrected chi connectivity index (χ3v) is 6.74. The Kier molecular flexibility index (Phi) is 5.27. The molecule has 2 saturated carbocycles. The van der Waals surface area contributed by atoms with Crippen LogP contribution in [0.25, 0.3) is 0 Å². The minimum absolute atomic E-state index is 0.165. The van der Waals surface area contributed by atoms with Gasteiger partial charge in [0.05, 0.1) is 18.8 Å². The molecule has 5 nitrogen and oxygen atoms in total. The summed E-state index contributed by atoms with van der Waals surface area (Å²) < 4.78 is 20.1. The van der Waals surface area contributed by atoms with Crippen LogP contribution in [-0.4, -0.2) is 54.5 Å². The van der Waals surface area contributed by atoms with E-state index in [1.807, 2.05) is 21.9 Å². The van der Waals surface area contributed by atoms with Crippen molar-refractivity contribution in [1.82, 2.24) is 9.80 Å². The van der Waals surface area contributed by atoms with Crippen LogP contribution >= 0.6 is 0 Å². The van der Waals surface area contributed by atoms with E-state index in [0.717, 1.165) is 30.3 Å². The van der Waals surface area contributed by atoms with Crippen LogP contribution in [0.15, 0.2) is 40.8 Å². The summed E-state index contributed by atoms with van der Waals surface area (Å²) in [5.74, 6) is 3.35. The molecule has 1 saturated heterocycles. The van der Waals surface area contributed by atoms with Gasteiger partial charge in [0.25, 0.3) is 0 Å². The van der Waals surface area contributed by atoms with E-state index in [1.165, 1.54) is 12.5 Å². The third kappa shape index (κ3) is 4.24. The van der Waals surface area contributed by atoms with Gasteiger partial charge in [-0.25, -0.2) is 4.39 Å². The van der Waals surface area contributed by atoms with Gasteiger partial charge >= 0.3 is 0 Å². The van der Waals surface area contributed by atoms with Crippen LogP contribution in [0.3, 0.4) is 0 Å². The van der Waals surface area contributed by atoms with E-state index in [0.29, 0.717) is 56.9 Å². The van der Waals surface area contributed by atoms with Crippen LogP contribution in [-0.2, 0) is 11.3 Å². The number of carbonyl (C=O) groups is 1. The number of amides is 1. The standard InChI is InChI=1S/C24H30FN3O2/c1-17-14-20(17)23-9-8-19(30-23)15-28(18-6-7-18)16-24(29)27-12-10-26(11-13-27)22-5-3-2-4-21(22)25/h2-5,8-9,17-18,20H,6-7,10-16H2,1H3. The van der Waals surface area contributed by atoms with Crippen LogP contribution < -0.4 is 4.90 Å². The van der Waals surface area contributed by atoms with Gasteiger partial charge in [0.2, 0.25) is 5.91 Å². The second-order valence-corrected chi connectivity index (χ2v) is 9.08. The first kappa shape index (κ1) is 19.6. The fourth-order valence-corrected chi connectivity index (χ4v) is 4.53. The average molecular weight is 412 g/mol. The smallest absolute Gasteiger partial charge is 0.236 e. The van der Waals surface area contributed by atoms with Gasteiger partial charge in [0, 0.05) is 38.1 Å². The molecule has 160 valence electrons. The lowest BCUT2D eigenvalue weighted by molar-refractivity contribution is -0.133. The number of rotatable bonds is 7. The van der Waals surface area contributed by atoms with Gasteiger partial charge in [-0.05, 0) is 49.4 Å². The molecule has 0 spiro atoms. The lowest BCUT2D eigenvalue weighted by Gasteiger charge is -2.37. The fraction of sp³-hybridized carbons (Fsp3) is 0.542. The molecular weight excluding hydrogens is 381 g/mol. The molecule has 0 radical (unpaired) electrons. The van der Waals surface area contributed by atoms with Gasteiger partial charge in [0.15, 0.2) is 0 Å². The molecule has 2 unspecified atom stereocenters. The second kappa shape index (κ2) is 8.06. The molecule has 5 rings (SSSR count). The number of halogens is 1. The number of furan rings is 1. The Morgan fingerprint density at radius 2 is 1.87 bits per heavy atom. The molecule has 3 aliphatic rings. The summed E-state index contributed by atoms with van der Waals surface area (Å²) in [6.45, 7) is 5.99. The summed E-state index contributed by atoms with van der Waals surface area (Å²) in [6.07, 6.45) is 3.53. The molecule has 1 amide bonds. The van der Waals surface area contributed by atoms with Crippen molar-refractivity contribution in [1.29, 1.82) is 0 Å². The summed E-state index contributed by atoms with van der Waals surface area (Å²) in [6, 6.07) is 11.5. The number of hydrogen-bond donors (Lipinski definition) is 0. The van der Waals surface area contributed by atoms with E-state index in [4.69, 9.17) is 4.42 Å². The first-order chi connectivity index (χ1) is 14.6. The van der Waals surface area contributed by atoms with Crippen molar-refractivity contribution in [3.63, 3.8) is 0 Å². The minimum atomic E-state index is -0.199. The number of piperazine rings is 1.